The first-order valence-electron chi connectivity index (χ1n) is 6.70. The summed E-state index contributed by atoms with van der Waals surface area (Å²) in [4.78, 5) is 3.95. The van der Waals surface area contributed by atoms with Crippen LogP contribution in [0, 0.1) is 6.92 Å². The minimum atomic E-state index is 0.249. The molecule has 0 aliphatic carbocycles. The molecule has 0 saturated carbocycles. The minimum Gasteiger partial charge on any atom is -0.304 e. The zero-order chi connectivity index (χ0) is 14.7. The first-order valence-corrected chi connectivity index (χ1v) is 7.51. The van der Waals surface area contributed by atoms with Gasteiger partial charge in [-0.25, -0.2) is 9.67 Å². The topological polar surface area (TPSA) is 68.5 Å². The number of hydrogen-bond donors (Lipinski definition) is 1. The average Bonchev–Trinajstić information content (AvgIpc) is 3.16. The monoisotopic (exact) mass is 300 g/mol. The second-order valence-electron chi connectivity index (χ2n) is 4.75. The summed E-state index contributed by atoms with van der Waals surface area (Å²) in [6.07, 6.45) is 3.22. The molecule has 0 bridgehead atoms. The van der Waals surface area contributed by atoms with Crippen molar-refractivity contribution >= 4 is 11.3 Å². The summed E-state index contributed by atoms with van der Waals surface area (Å²) >= 11 is 1.62. The predicted octanol–water partition coefficient (Wildman–Crippen LogP) is 2.28. The van der Waals surface area contributed by atoms with E-state index in [-0.39, 0.29) is 6.04 Å². The van der Waals surface area contributed by atoms with Gasteiger partial charge in [0.05, 0.1) is 12.2 Å². The summed E-state index contributed by atoms with van der Waals surface area (Å²) in [5, 5.41) is 17.7. The Bertz CT molecular complexity index is 689. The van der Waals surface area contributed by atoms with Gasteiger partial charge >= 0.3 is 0 Å². The van der Waals surface area contributed by atoms with Crippen molar-refractivity contribution in [2.75, 3.05) is 0 Å². The van der Waals surface area contributed by atoms with Crippen LogP contribution in [0.4, 0.5) is 0 Å². The number of aromatic nitrogens is 5. The van der Waals surface area contributed by atoms with E-state index in [2.05, 4.69) is 44.7 Å². The summed E-state index contributed by atoms with van der Waals surface area (Å²) in [5.41, 5.74) is 2.23. The van der Waals surface area contributed by atoms with E-state index in [1.165, 1.54) is 11.9 Å². The molecule has 1 unspecified atom stereocenters. The van der Waals surface area contributed by atoms with Crippen LogP contribution in [0.25, 0.3) is 5.69 Å². The molecule has 0 spiro atoms. The van der Waals surface area contributed by atoms with Crippen LogP contribution in [-0.4, -0.2) is 25.0 Å². The Labute approximate surface area is 126 Å². The summed E-state index contributed by atoms with van der Waals surface area (Å²) in [6.45, 7) is 4.84. The van der Waals surface area contributed by atoms with Crippen molar-refractivity contribution in [1.29, 1.82) is 0 Å². The number of nitrogens with one attached hydrogen (secondary N) is 1. The maximum absolute atomic E-state index is 4.12. The molecule has 0 saturated heterocycles. The standard InChI is InChI=1S/C14H16N6S/c1-10(16-7-14-19-18-11(2)21-14)12-3-5-13(6-4-12)20-9-15-8-17-20/h3-6,8-10,16H,7H2,1-2H3. The van der Waals surface area contributed by atoms with Gasteiger partial charge in [0.2, 0.25) is 0 Å². The van der Waals surface area contributed by atoms with Gasteiger partial charge in [-0.15, -0.1) is 21.5 Å². The summed E-state index contributed by atoms with van der Waals surface area (Å²) in [6, 6.07) is 8.52. The summed E-state index contributed by atoms with van der Waals surface area (Å²) in [7, 11) is 0. The highest BCUT2D eigenvalue weighted by Crippen LogP contribution is 2.16. The third-order valence-corrected chi connectivity index (χ3v) is 4.04. The molecule has 1 N–H and O–H groups in total. The molecular formula is C14H16N6S. The van der Waals surface area contributed by atoms with Gasteiger partial charge in [0.25, 0.3) is 0 Å². The molecule has 0 amide bonds. The highest BCUT2D eigenvalue weighted by atomic mass is 32.1. The molecule has 1 aromatic carbocycles. The van der Waals surface area contributed by atoms with E-state index >= 15 is 0 Å². The van der Waals surface area contributed by atoms with E-state index < -0.39 is 0 Å². The number of hydrogen-bond acceptors (Lipinski definition) is 6. The van der Waals surface area contributed by atoms with Gasteiger partial charge in [0, 0.05) is 6.04 Å². The summed E-state index contributed by atoms with van der Waals surface area (Å²) in [5.74, 6) is 0. The molecule has 3 aromatic rings. The third kappa shape index (κ3) is 3.32. The Kier molecular flexibility index (Phi) is 4.03. The largest absolute Gasteiger partial charge is 0.304 e. The molecule has 0 aliphatic rings. The van der Waals surface area contributed by atoms with Gasteiger partial charge in [-0.1, -0.05) is 12.1 Å². The minimum absolute atomic E-state index is 0.249. The van der Waals surface area contributed by atoms with Gasteiger partial charge < -0.3 is 5.32 Å². The van der Waals surface area contributed by atoms with Crippen LogP contribution in [0.15, 0.2) is 36.9 Å². The van der Waals surface area contributed by atoms with E-state index in [9.17, 15) is 0 Å². The van der Waals surface area contributed by atoms with Gasteiger partial charge in [-0.2, -0.15) is 5.10 Å². The third-order valence-electron chi connectivity index (χ3n) is 3.20. The normalized spacial score (nSPS) is 12.5. The van der Waals surface area contributed by atoms with Crippen LogP contribution in [0.5, 0.6) is 0 Å². The maximum Gasteiger partial charge on any atom is 0.138 e. The van der Waals surface area contributed by atoms with Crippen molar-refractivity contribution in [3.05, 3.63) is 52.5 Å². The molecular weight excluding hydrogens is 284 g/mol. The number of aryl methyl sites for hydroxylation is 1. The van der Waals surface area contributed by atoms with Crippen molar-refractivity contribution in [2.45, 2.75) is 26.4 Å². The van der Waals surface area contributed by atoms with Crippen molar-refractivity contribution in [3.8, 4) is 5.69 Å². The highest BCUT2D eigenvalue weighted by molar-refractivity contribution is 7.11. The molecule has 1 atom stereocenters. The molecule has 7 heteroatoms. The Morgan fingerprint density at radius 2 is 2.05 bits per heavy atom. The quantitative estimate of drug-likeness (QED) is 0.783. The lowest BCUT2D eigenvalue weighted by Crippen LogP contribution is -2.18. The smallest absolute Gasteiger partial charge is 0.138 e. The van der Waals surface area contributed by atoms with Gasteiger partial charge in [0.15, 0.2) is 0 Å². The van der Waals surface area contributed by atoms with E-state index in [0.717, 1.165) is 22.2 Å². The number of benzene rings is 1. The second-order valence-corrected chi connectivity index (χ2v) is 6.02. The van der Waals surface area contributed by atoms with Crippen LogP contribution >= 0.6 is 11.3 Å². The van der Waals surface area contributed by atoms with Gasteiger partial charge in [-0.05, 0) is 31.5 Å². The first kappa shape index (κ1) is 13.8. The van der Waals surface area contributed by atoms with Crippen molar-refractivity contribution in [3.63, 3.8) is 0 Å². The number of nitrogens with zero attached hydrogens (tertiary/aromatic N) is 5. The van der Waals surface area contributed by atoms with E-state index in [0.29, 0.717) is 0 Å². The van der Waals surface area contributed by atoms with E-state index in [1.54, 1.807) is 22.3 Å². The molecule has 0 aliphatic heterocycles. The molecule has 2 heterocycles. The Morgan fingerprint density at radius 1 is 1.24 bits per heavy atom. The zero-order valence-electron chi connectivity index (χ0n) is 11.9. The maximum atomic E-state index is 4.12. The van der Waals surface area contributed by atoms with Crippen LogP contribution in [0.1, 0.15) is 28.5 Å². The molecule has 108 valence electrons. The summed E-state index contributed by atoms with van der Waals surface area (Å²) < 4.78 is 1.74. The Balaban J connectivity index is 1.63. The lowest BCUT2D eigenvalue weighted by atomic mass is 10.1. The SMILES string of the molecule is Cc1nnc(CNC(C)c2ccc(-n3cncn3)cc2)s1. The Hall–Kier alpha value is -2.12. The molecule has 0 radical (unpaired) electrons. The fraction of sp³-hybridized carbons (Fsp3) is 0.286. The fourth-order valence-electron chi connectivity index (χ4n) is 2.02. The number of rotatable bonds is 5. The van der Waals surface area contributed by atoms with Crippen LogP contribution in [0.3, 0.4) is 0 Å². The van der Waals surface area contributed by atoms with Crippen molar-refractivity contribution in [1.82, 2.24) is 30.3 Å². The van der Waals surface area contributed by atoms with Gasteiger partial charge in [-0.3, -0.25) is 0 Å². The van der Waals surface area contributed by atoms with E-state index in [4.69, 9.17) is 0 Å². The lowest BCUT2D eigenvalue weighted by Gasteiger charge is -2.13. The van der Waals surface area contributed by atoms with Crippen molar-refractivity contribution in [2.24, 2.45) is 0 Å². The van der Waals surface area contributed by atoms with Crippen LogP contribution in [-0.2, 0) is 6.54 Å². The molecule has 0 fully saturated rings. The molecule has 21 heavy (non-hydrogen) atoms. The molecule has 2 aromatic heterocycles. The Morgan fingerprint density at radius 3 is 2.67 bits per heavy atom. The van der Waals surface area contributed by atoms with Crippen LogP contribution < -0.4 is 5.32 Å². The second kappa shape index (κ2) is 6.11. The predicted molar refractivity (Wildman–Crippen MR) is 81.3 cm³/mol. The first-order chi connectivity index (χ1) is 10.2. The molecule has 6 nitrogen and oxygen atoms in total. The van der Waals surface area contributed by atoms with Crippen molar-refractivity contribution < 1.29 is 0 Å². The van der Waals surface area contributed by atoms with Gasteiger partial charge in [0.1, 0.15) is 22.7 Å². The highest BCUT2D eigenvalue weighted by Gasteiger charge is 2.07. The lowest BCUT2D eigenvalue weighted by molar-refractivity contribution is 0.570. The van der Waals surface area contributed by atoms with E-state index in [1.807, 2.05) is 19.1 Å². The fourth-order valence-corrected chi connectivity index (χ4v) is 2.68. The van der Waals surface area contributed by atoms with Crippen LogP contribution in [0.2, 0.25) is 0 Å². The zero-order valence-corrected chi connectivity index (χ0v) is 12.7. The average molecular weight is 300 g/mol. The molecule has 3 rings (SSSR count).